The molecule has 6 rings (SSSR count). The first kappa shape index (κ1) is 20.4. The van der Waals surface area contributed by atoms with E-state index in [1.54, 1.807) is 36.4 Å². The minimum absolute atomic E-state index is 0.251. The molecule has 1 aromatic heterocycles. The number of hydrogen-bond donors (Lipinski definition) is 0. The van der Waals surface area contributed by atoms with Crippen LogP contribution in [0.15, 0.2) is 94.3 Å². The fourth-order valence-corrected chi connectivity index (χ4v) is 4.82. The highest BCUT2D eigenvalue weighted by Gasteiger charge is 2.61. The standard InChI is InChI=1S/C27H20N2O5/c1-16-12-13-21-19(14-16)24(30)20(15-33-21)23-22-25(34-29(23)18-10-6-3-7-11-18)27(32)28(26(22)31)17-8-4-2-5-9-17/h2-15,22-23,25H,1H3/t22-,23+,25+/m0/s1. The van der Waals surface area contributed by atoms with Gasteiger partial charge in [-0.25, -0.2) is 9.96 Å². The van der Waals surface area contributed by atoms with E-state index in [9.17, 15) is 14.4 Å². The largest absolute Gasteiger partial charge is 0.464 e. The monoisotopic (exact) mass is 452 g/mol. The van der Waals surface area contributed by atoms with Gasteiger partial charge in [0.05, 0.1) is 22.3 Å². The van der Waals surface area contributed by atoms with Crippen LogP contribution < -0.4 is 15.4 Å². The Balaban J connectivity index is 1.52. The molecule has 0 N–H and O–H groups in total. The van der Waals surface area contributed by atoms with Gasteiger partial charge in [0.25, 0.3) is 5.91 Å². The maximum atomic E-state index is 13.7. The lowest BCUT2D eigenvalue weighted by Crippen LogP contribution is -2.38. The van der Waals surface area contributed by atoms with Gasteiger partial charge < -0.3 is 4.42 Å². The number of anilines is 2. The fourth-order valence-electron chi connectivity index (χ4n) is 4.82. The minimum atomic E-state index is -1.05. The first-order chi connectivity index (χ1) is 16.5. The third-order valence-electron chi connectivity index (χ3n) is 6.41. The Hall–Kier alpha value is -4.23. The van der Waals surface area contributed by atoms with Crippen molar-refractivity contribution in [3.8, 4) is 0 Å². The second kappa shape index (κ2) is 7.67. The van der Waals surface area contributed by atoms with E-state index in [-0.39, 0.29) is 11.0 Å². The van der Waals surface area contributed by atoms with Crippen LogP contribution >= 0.6 is 0 Å². The molecule has 0 aliphatic carbocycles. The van der Waals surface area contributed by atoms with Gasteiger partial charge in [-0.2, -0.15) is 0 Å². The predicted molar refractivity (Wildman–Crippen MR) is 126 cm³/mol. The van der Waals surface area contributed by atoms with Crippen LogP contribution in [-0.2, 0) is 14.4 Å². The topological polar surface area (TPSA) is 80.1 Å². The minimum Gasteiger partial charge on any atom is -0.464 e. The van der Waals surface area contributed by atoms with Crippen molar-refractivity contribution in [3.63, 3.8) is 0 Å². The molecule has 0 radical (unpaired) electrons. The number of benzene rings is 3. The third kappa shape index (κ3) is 2.98. The number of imide groups is 1. The Kier molecular flexibility index (Phi) is 4.60. The summed E-state index contributed by atoms with van der Waals surface area (Å²) in [6.07, 6.45) is 0.334. The molecule has 34 heavy (non-hydrogen) atoms. The normalized spacial score (nSPS) is 22.0. The predicted octanol–water partition coefficient (Wildman–Crippen LogP) is 4.15. The van der Waals surface area contributed by atoms with Gasteiger partial charge in [-0.05, 0) is 43.3 Å². The van der Waals surface area contributed by atoms with Gasteiger partial charge in [-0.1, -0.05) is 48.0 Å². The number of amides is 2. The Morgan fingerprint density at radius 2 is 1.47 bits per heavy atom. The van der Waals surface area contributed by atoms with Crippen LogP contribution in [0.5, 0.6) is 0 Å². The molecule has 3 atom stereocenters. The summed E-state index contributed by atoms with van der Waals surface area (Å²) < 4.78 is 5.81. The van der Waals surface area contributed by atoms with Crippen molar-refractivity contribution in [2.24, 2.45) is 5.92 Å². The van der Waals surface area contributed by atoms with Gasteiger partial charge in [0, 0.05) is 0 Å². The van der Waals surface area contributed by atoms with E-state index in [0.29, 0.717) is 22.3 Å². The van der Waals surface area contributed by atoms with E-state index in [4.69, 9.17) is 9.25 Å². The van der Waals surface area contributed by atoms with Crippen molar-refractivity contribution in [1.82, 2.24) is 0 Å². The average Bonchev–Trinajstić information content (AvgIpc) is 3.36. The molecule has 0 bridgehead atoms. The van der Waals surface area contributed by atoms with Crippen molar-refractivity contribution in [1.29, 1.82) is 0 Å². The molecule has 0 saturated carbocycles. The number of rotatable bonds is 3. The van der Waals surface area contributed by atoms with Gasteiger partial charge in [0.1, 0.15) is 23.8 Å². The van der Waals surface area contributed by atoms with Crippen molar-refractivity contribution in [2.45, 2.75) is 19.1 Å². The molecule has 7 nitrogen and oxygen atoms in total. The zero-order chi connectivity index (χ0) is 23.4. The molecule has 3 aromatic carbocycles. The van der Waals surface area contributed by atoms with Gasteiger partial charge in [-0.3, -0.25) is 19.2 Å². The molecule has 2 fully saturated rings. The van der Waals surface area contributed by atoms with Crippen molar-refractivity contribution >= 4 is 34.2 Å². The molecule has 3 heterocycles. The summed E-state index contributed by atoms with van der Waals surface area (Å²) >= 11 is 0. The number of hydrogen-bond acceptors (Lipinski definition) is 6. The van der Waals surface area contributed by atoms with E-state index >= 15 is 0 Å². The van der Waals surface area contributed by atoms with E-state index in [1.807, 2.05) is 49.4 Å². The van der Waals surface area contributed by atoms with E-state index in [1.165, 1.54) is 11.3 Å². The van der Waals surface area contributed by atoms with E-state index in [0.717, 1.165) is 10.5 Å². The quantitative estimate of drug-likeness (QED) is 0.435. The molecule has 2 saturated heterocycles. The molecule has 0 spiro atoms. The second-order valence-electron chi connectivity index (χ2n) is 8.53. The summed E-state index contributed by atoms with van der Waals surface area (Å²) in [6.45, 7) is 1.90. The summed E-state index contributed by atoms with van der Waals surface area (Å²) in [5.74, 6) is -1.77. The van der Waals surface area contributed by atoms with Crippen LogP contribution in [-0.4, -0.2) is 17.9 Å². The summed E-state index contributed by atoms with van der Waals surface area (Å²) in [6, 6.07) is 22.4. The number of fused-ring (bicyclic) bond motifs is 2. The maximum Gasteiger partial charge on any atom is 0.266 e. The van der Waals surface area contributed by atoms with Crippen LogP contribution in [0.4, 0.5) is 11.4 Å². The fraction of sp³-hybridized carbons (Fsp3) is 0.148. The van der Waals surface area contributed by atoms with Crippen LogP contribution in [0.2, 0.25) is 0 Å². The zero-order valence-electron chi connectivity index (χ0n) is 18.3. The Bertz CT molecular complexity index is 1480. The smallest absolute Gasteiger partial charge is 0.266 e. The van der Waals surface area contributed by atoms with Crippen LogP contribution in [0, 0.1) is 12.8 Å². The Labute approximate surface area is 194 Å². The number of nitrogens with zero attached hydrogens (tertiary/aromatic N) is 2. The van der Waals surface area contributed by atoms with Gasteiger partial charge >= 0.3 is 0 Å². The Morgan fingerprint density at radius 3 is 2.18 bits per heavy atom. The summed E-state index contributed by atoms with van der Waals surface area (Å²) in [5.41, 5.74) is 2.50. The average molecular weight is 452 g/mol. The van der Waals surface area contributed by atoms with Gasteiger partial charge in [-0.15, -0.1) is 0 Å². The highest BCUT2D eigenvalue weighted by molar-refractivity contribution is 6.23. The first-order valence-electron chi connectivity index (χ1n) is 11.0. The number of carbonyl (C=O) groups excluding carboxylic acids is 2. The zero-order valence-corrected chi connectivity index (χ0v) is 18.3. The lowest BCUT2D eigenvalue weighted by molar-refractivity contribution is -0.126. The number of aryl methyl sites for hydroxylation is 1. The number of hydroxylamine groups is 1. The van der Waals surface area contributed by atoms with Crippen LogP contribution in [0.1, 0.15) is 17.2 Å². The number of carbonyl (C=O) groups is 2. The van der Waals surface area contributed by atoms with Crippen LogP contribution in [0.3, 0.4) is 0 Å². The molecule has 0 unspecified atom stereocenters. The molecule has 2 aliphatic rings. The van der Waals surface area contributed by atoms with Crippen molar-refractivity contribution in [2.75, 3.05) is 9.96 Å². The Morgan fingerprint density at radius 1 is 0.794 bits per heavy atom. The SMILES string of the molecule is Cc1ccc2occ([C@@H]3[C@@H]4C(=O)N(c5ccccc5)C(=O)[C@@H]4ON3c3ccccc3)c(=O)c2c1. The lowest BCUT2D eigenvalue weighted by atomic mass is 9.90. The lowest BCUT2D eigenvalue weighted by Gasteiger charge is -2.28. The van der Waals surface area contributed by atoms with Crippen molar-refractivity contribution < 1.29 is 18.8 Å². The molecule has 7 heteroatoms. The van der Waals surface area contributed by atoms with E-state index in [2.05, 4.69) is 0 Å². The van der Waals surface area contributed by atoms with Gasteiger partial charge in [0.2, 0.25) is 5.91 Å². The van der Waals surface area contributed by atoms with Crippen molar-refractivity contribution in [3.05, 3.63) is 106 Å². The van der Waals surface area contributed by atoms with E-state index < -0.39 is 29.9 Å². The molecule has 2 aliphatic heterocycles. The summed E-state index contributed by atoms with van der Waals surface area (Å²) in [5, 5.41) is 1.92. The highest BCUT2D eigenvalue weighted by atomic mass is 16.7. The summed E-state index contributed by atoms with van der Waals surface area (Å²) in [4.78, 5) is 47.9. The van der Waals surface area contributed by atoms with Crippen LogP contribution in [0.25, 0.3) is 11.0 Å². The summed E-state index contributed by atoms with van der Waals surface area (Å²) in [7, 11) is 0. The molecule has 168 valence electrons. The highest BCUT2D eigenvalue weighted by Crippen LogP contribution is 2.47. The third-order valence-corrected chi connectivity index (χ3v) is 6.41. The molecular weight excluding hydrogens is 432 g/mol. The second-order valence-corrected chi connectivity index (χ2v) is 8.53. The molecular formula is C27H20N2O5. The van der Waals surface area contributed by atoms with Gasteiger partial charge in [0.15, 0.2) is 11.5 Å². The first-order valence-corrected chi connectivity index (χ1v) is 11.0. The molecule has 2 amide bonds. The number of para-hydroxylation sites is 2. The maximum absolute atomic E-state index is 13.7. The molecule has 4 aromatic rings.